The monoisotopic (exact) mass is 490 g/mol. The van der Waals surface area contributed by atoms with Crippen molar-refractivity contribution in [3.8, 4) is 0 Å². The minimum atomic E-state index is -3.85. The van der Waals surface area contributed by atoms with E-state index in [0.29, 0.717) is 55.2 Å². The predicted molar refractivity (Wildman–Crippen MR) is 117 cm³/mol. The van der Waals surface area contributed by atoms with Gasteiger partial charge in [-0.25, -0.2) is 26.3 Å². The highest BCUT2D eigenvalue weighted by Gasteiger charge is 2.29. The molecule has 1 saturated heterocycles. The van der Waals surface area contributed by atoms with E-state index in [1.165, 1.54) is 27.8 Å². The summed E-state index contributed by atoms with van der Waals surface area (Å²) >= 11 is 1.20. The summed E-state index contributed by atoms with van der Waals surface area (Å²) in [4.78, 5) is 17.6. The Hall–Kier alpha value is -1.64. The fraction of sp³-hybridized carbons (Fsp3) is 0.556. The number of nitrogens with two attached hydrogens (primary N) is 1. The molecule has 13 heteroatoms. The summed E-state index contributed by atoms with van der Waals surface area (Å²) in [6.45, 7) is 3.86. The number of fused-ring (bicyclic) bond motifs is 1. The number of piperidine rings is 1. The Balaban J connectivity index is 1.94. The molecule has 2 N–H and O–H groups in total. The van der Waals surface area contributed by atoms with Crippen molar-refractivity contribution in [1.82, 2.24) is 8.87 Å². The fourth-order valence-corrected chi connectivity index (χ4v) is 6.04. The average molecular weight is 491 g/mol. The van der Waals surface area contributed by atoms with Crippen LogP contribution in [0.4, 0.5) is 0 Å². The Bertz CT molecular complexity index is 1240. The van der Waals surface area contributed by atoms with Crippen LogP contribution in [0.25, 0.3) is 10.2 Å². The summed E-state index contributed by atoms with van der Waals surface area (Å²) in [7, 11) is -7.13. The summed E-state index contributed by atoms with van der Waals surface area (Å²) in [5, 5.41) is 5.24. The molecule has 10 nitrogen and oxygen atoms in total. The van der Waals surface area contributed by atoms with Crippen LogP contribution < -0.4 is 9.94 Å². The second-order valence-electron chi connectivity index (χ2n) is 7.29. The molecule has 0 aliphatic carbocycles. The van der Waals surface area contributed by atoms with E-state index in [2.05, 4.69) is 4.99 Å². The number of sulfonamides is 2. The van der Waals surface area contributed by atoms with Crippen molar-refractivity contribution in [3.63, 3.8) is 0 Å². The molecule has 1 aromatic carbocycles. The van der Waals surface area contributed by atoms with Crippen LogP contribution in [0, 0.1) is 5.92 Å². The van der Waals surface area contributed by atoms with Gasteiger partial charge in [0.2, 0.25) is 20.0 Å². The highest BCUT2D eigenvalue weighted by molar-refractivity contribution is 7.89. The molecule has 1 aliphatic rings. The number of rotatable bonds is 7. The van der Waals surface area contributed by atoms with Crippen LogP contribution >= 0.6 is 11.3 Å². The summed E-state index contributed by atoms with van der Waals surface area (Å²) in [5.74, 6) is -0.667. The first-order chi connectivity index (χ1) is 14.5. The van der Waals surface area contributed by atoms with Gasteiger partial charge >= 0.3 is 0 Å². The lowest BCUT2D eigenvalue weighted by atomic mass is 9.98. The van der Waals surface area contributed by atoms with E-state index < -0.39 is 20.0 Å². The summed E-state index contributed by atoms with van der Waals surface area (Å²) < 4.78 is 56.0. The molecule has 31 heavy (non-hydrogen) atoms. The number of hydrogen-bond acceptors (Lipinski definition) is 7. The van der Waals surface area contributed by atoms with Crippen LogP contribution in [0.15, 0.2) is 28.1 Å². The van der Waals surface area contributed by atoms with Crippen molar-refractivity contribution in [1.29, 1.82) is 0 Å². The minimum absolute atomic E-state index is 0.00997. The highest BCUT2D eigenvalue weighted by Crippen LogP contribution is 2.23. The number of carbonyl (C=O) groups excluding carboxylic acids is 1. The van der Waals surface area contributed by atoms with Crippen molar-refractivity contribution in [2.75, 3.05) is 32.6 Å². The second-order valence-corrected chi connectivity index (χ2v) is 11.8. The van der Waals surface area contributed by atoms with E-state index in [1.807, 2.05) is 11.5 Å². The first kappa shape index (κ1) is 24.0. The van der Waals surface area contributed by atoms with E-state index >= 15 is 0 Å². The van der Waals surface area contributed by atoms with Gasteiger partial charge in [-0.3, -0.25) is 4.79 Å². The third-order valence-electron chi connectivity index (χ3n) is 5.12. The van der Waals surface area contributed by atoms with Gasteiger partial charge in [0.25, 0.3) is 5.91 Å². The molecule has 1 amide bonds. The maximum Gasteiger partial charge on any atom is 0.251 e. The zero-order valence-electron chi connectivity index (χ0n) is 17.4. The molecule has 1 aromatic heterocycles. The number of thiazole rings is 1. The molecule has 2 heterocycles. The Morgan fingerprint density at radius 1 is 1.26 bits per heavy atom. The number of carbonyl (C=O) groups is 1. The summed E-state index contributed by atoms with van der Waals surface area (Å²) in [6.07, 6.45) is 1.98. The van der Waals surface area contributed by atoms with Crippen molar-refractivity contribution in [2.24, 2.45) is 16.0 Å². The van der Waals surface area contributed by atoms with Gasteiger partial charge in [0.05, 0.1) is 28.0 Å². The van der Waals surface area contributed by atoms with Gasteiger partial charge in [-0.15, -0.1) is 0 Å². The Morgan fingerprint density at radius 2 is 1.94 bits per heavy atom. The fourth-order valence-electron chi connectivity index (χ4n) is 3.45. The zero-order valence-corrected chi connectivity index (χ0v) is 19.8. The van der Waals surface area contributed by atoms with Crippen LogP contribution in [0.3, 0.4) is 0 Å². The van der Waals surface area contributed by atoms with Crippen LogP contribution in [0.5, 0.6) is 0 Å². The Morgan fingerprint density at radius 3 is 2.52 bits per heavy atom. The first-order valence-corrected chi connectivity index (χ1v) is 14.0. The topological polar surface area (TPSA) is 141 Å². The lowest BCUT2D eigenvalue weighted by Gasteiger charge is -2.28. The average Bonchev–Trinajstić information content (AvgIpc) is 3.03. The van der Waals surface area contributed by atoms with Gasteiger partial charge in [-0.1, -0.05) is 11.3 Å². The molecular formula is C18H26N4O6S3. The molecule has 0 bridgehead atoms. The van der Waals surface area contributed by atoms with Crippen molar-refractivity contribution < 1.29 is 26.4 Å². The van der Waals surface area contributed by atoms with Gasteiger partial charge in [0, 0.05) is 32.2 Å². The quantitative estimate of drug-likeness (QED) is 0.560. The number of primary sulfonamides is 1. The molecule has 3 rings (SSSR count). The highest BCUT2D eigenvalue weighted by atomic mass is 32.2. The SMILES string of the molecule is CCOCCn1c(=NC(=O)C2CCN(S(C)(=O)=O)CC2)sc2cc(S(N)(=O)=O)ccc21. The molecule has 0 radical (unpaired) electrons. The van der Waals surface area contributed by atoms with E-state index in [-0.39, 0.29) is 16.7 Å². The molecule has 172 valence electrons. The lowest BCUT2D eigenvalue weighted by Crippen LogP contribution is -2.39. The third kappa shape index (κ3) is 5.79. The van der Waals surface area contributed by atoms with Crippen molar-refractivity contribution in [2.45, 2.75) is 31.2 Å². The minimum Gasteiger partial charge on any atom is -0.380 e. The van der Waals surface area contributed by atoms with E-state index in [4.69, 9.17) is 9.88 Å². The molecule has 0 spiro atoms. The standard InChI is InChI=1S/C18H26N4O6S3/c1-3-28-11-10-22-15-5-4-14(31(19,26)27)12-16(15)29-18(22)20-17(23)13-6-8-21(9-7-13)30(2,24)25/h4-5,12-13H,3,6-11H2,1-2H3,(H2,19,26,27). The molecule has 0 saturated carbocycles. The van der Waals surface area contributed by atoms with Crippen LogP contribution in [0.2, 0.25) is 0 Å². The van der Waals surface area contributed by atoms with E-state index in [1.54, 1.807) is 6.07 Å². The normalized spacial score (nSPS) is 17.5. The number of nitrogens with zero attached hydrogens (tertiary/aromatic N) is 3. The maximum atomic E-state index is 12.8. The van der Waals surface area contributed by atoms with Crippen molar-refractivity contribution >= 4 is 47.5 Å². The van der Waals surface area contributed by atoms with Crippen LogP contribution in [-0.2, 0) is 36.1 Å². The van der Waals surface area contributed by atoms with E-state index in [9.17, 15) is 21.6 Å². The van der Waals surface area contributed by atoms with Crippen molar-refractivity contribution in [3.05, 3.63) is 23.0 Å². The number of amides is 1. The number of benzene rings is 1. The molecule has 1 fully saturated rings. The summed E-state index contributed by atoms with van der Waals surface area (Å²) in [5.41, 5.74) is 0.732. The largest absolute Gasteiger partial charge is 0.380 e. The maximum absolute atomic E-state index is 12.8. The summed E-state index contributed by atoms with van der Waals surface area (Å²) in [6, 6.07) is 4.54. The Labute approximate surface area is 185 Å². The van der Waals surface area contributed by atoms with Gasteiger partial charge in [0.1, 0.15) is 0 Å². The molecule has 1 aliphatic heterocycles. The zero-order chi connectivity index (χ0) is 22.8. The smallest absolute Gasteiger partial charge is 0.251 e. The van der Waals surface area contributed by atoms with E-state index in [0.717, 1.165) is 11.8 Å². The van der Waals surface area contributed by atoms with Gasteiger partial charge in [-0.2, -0.15) is 4.99 Å². The molecule has 2 aromatic rings. The molecule has 0 unspecified atom stereocenters. The Kier molecular flexibility index (Phi) is 7.33. The first-order valence-electron chi connectivity index (χ1n) is 9.78. The third-order valence-corrected chi connectivity index (χ3v) is 8.38. The van der Waals surface area contributed by atoms with Crippen LogP contribution in [0.1, 0.15) is 19.8 Å². The van der Waals surface area contributed by atoms with Crippen LogP contribution in [-0.4, -0.2) is 64.2 Å². The number of ether oxygens (including phenoxy) is 1. The number of aromatic nitrogens is 1. The number of hydrogen-bond donors (Lipinski definition) is 1. The molecular weight excluding hydrogens is 464 g/mol. The molecule has 0 atom stereocenters. The lowest BCUT2D eigenvalue weighted by molar-refractivity contribution is -0.122. The van der Waals surface area contributed by atoms with Gasteiger partial charge < -0.3 is 9.30 Å². The van der Waals surface area contributed by atoms with Gasteiger partial charge in [0.15, 0.2) is 4.80 Å². The van der Waals surface area contributed by atoms with Gasteiger partial charge in [-0.05, 0) is 38.0 Å². The predicted octanol–water partition coefficient (Wildman–Crippen LogP) is 0.486. The second kappa shape index (κ2) is 9.46.